The molecule has 4 rings (SSSR count). The fourth-order valence-electron chi connectivity index (χ4n) is 3.44. The second-order valence-electron chi connectivity index (χ2n) is 7.16. The maximum Gasteiger partial charge on any atom is 0.137 e. The Morgan fingerprint density at radius 1 is 1.19 bits per heavy atom. The molecule has 0 fully saturated rings. The van der Waals surface area contributed by atoms with Crippen molar-refractivity contribution >= 4 is 23.1 Å². The minimum absolute atomic E-state index is 0.0158. The summed E-state index contributed by atoms with van der Waals surface area (Å²) in [6, 6.07) is 11.2. The van der Waals surface area contributed by atoms with Crippen molar-refractivity contribution in [1.29, 1.82) is 0 Å². The Kier molecular flexibility index (Phi) is 6.17. The molecule has 2 aromatic heterocycles. The van der Waals surface area contributed by atoms with E-state index in [1.807, 2.05) is 35.9 Å². The second-order valence-corrected chi connectivity index (χ2v) is 8.93. The predicted octanol–water partition coefficient (Wildman–Crippen LogP) is 5.09. The molecule has 1 N–H and O–H groups in total. The second kappa shape index (κ2) is 8.86. The maximum atomic E-state index is 14.7. The van der Waals surface area contributed by atoms with Gasteiger partial charge in [-0.15, -0.1) is 23.1 Å². The van der Waals surface area contributed by atoms with Crippen molar-refractivity contribution in [1.82, 2.24) is 19.7 Å². The van der Waals surface area contributed by atoms with Crippen molar-refractivity contribution < 1.29 is 13.9 Å². The van der Waals surface area contributed by atoms with E-state index in [0.717, 1.165) is 28.3 Å². The molecule has 2 aromatic carbocycles. The van der Waals surface area contributed by atoms with Crippen LogP contribution in [0, 0.1) is 11.6 Å². The lowest BCUT2D eigenvalue weighted by Crippen LogP contribution is -2.38. The molecule has 31 heavy (non-hydrogen) atoms. The summed E-state index contributed by atoms with van der Waals surface area (Å²) in [4.78, 5) is 9.77. The molecule has 0 radical (unpaired) electrons. The fourth-order valence-corrected chi connectivity index (χ4v) is 4.82. The number of rotatable bonds is 7. The van der Waals surface area contributed by atoms with Gasteiger partial charge in [0.05, 0.1) is 17.2 Å². The van der Waals surface area contributed by atoms with Gasteiger partial charge < -0.3 is 5.11 Å². The van der Waals surface area contributed by atoms with Gasteiger partial charge in [0.1, 0.15) is 29.9 Å². The van der Waals surface area contributed by atoms with Crippen LogP contribution in [0.5, 0.6) is 0 Å². The van der Waals surface area contributed by atoms with E-state index in [0.29, 0.717) is 5.01 Å². The van der Waals surface area contributed by atoms with Gasteiger partial charge in [-0.05, 0) is 24.5 Å². The third-order valence-corrected chi connectivity index (χ3v) is 7.03. The number of benzene rings is 2. The number of hydrogen-bond donors (Lipinski definition) is 1. The van der Waals surface area contributed by atoms with E-state index in [-0.39, 0.29) is 12.1 Å². The minimum Gasteiger partial charge on any atom is -0.382 e. The Labute approximate surface area is 186 Å². The predicted molar refractivity (Wildman–Crippen MR) is 118 cm³/mol. The lowest BCUT2D eigenvalue weighted by Gasteiger charge is -2.33. The van der Waals surface area contributed by atoms with Crippen LogP contribution >= 0.6 is 23.1 Å². The van der Waals surface area contributed by atoms with Crippen LogP contribution in [0.3, 0.4) is 0 Å². The topological polar surface area (TPSA) is 63.8 Å². The van der Waals surface area contributed by atoms with E-state index >= 15 is 0 Å². The van der Waals surface area contributed by atoms with Crippen LogP contribution < -0.4 is 0 Å². The smallest absolute Gasteiger partial charge is 0.137 e. The van der Waals surface area contributed by atoms with Crippen molar-refractivity contribution in [3.05, 3.63) is 82.7 Å². The fraction of sp³-hybridized carbons (Fsp3) is 0.227. The Morgan fingerprint density at radius 3 is 2.61 bits per heavy atom. The summed E-state index contributed by atoms with van der Waals surface area (Å²) >= 11 is 3.05. The van der Waals surface area contributed by atoms with Crippen molar-refractivity contribution in [3.63, 3.8) is 0 Å². The Balaban J connectivity index is 1.72. The first-order valence-corrected chi connectivity index (χ1v) is 11.6. The minimum atomic E-state index is -1.72. The van der Waals surface area contributed by atoms with Gasteiger partial charge in [-0.1, -0.05) is 25.1 Å². The van der Waals surface area contributed by atoms with Crippen LogP contribution in [0.25, 0.3) is 11.3 Å². The average Bonchev–Trinajstić information content (AvgIpc) is 3.45. The first-order chi connectivity index (χ1) is 14.9. The summed E-state index contributed by atoms with van der Waals surface area (Å²) in [6.07, 6.45) is 4.80. The van der Waals surface area contributed by atoms with E-state index in [4.69, 9.17) is 4.98 Å². The number of aliphatic hydroxyl groups is 1. The molecule has 5 nitrogen and oxygen atoms in total. The highest BCUT2D eigenvalue weighted by molar-refractivity contribution is 7.98. The van der Waals surface area contributed by atoms with Crippen molar-refractivity contribution in [2.45, 2.75) is 29.9 Å². The van der Waals surface area contributed by atoms with Gasteiger partial charge >= 0.3 is 0 Å². The monoisotopic (exact) mass is 458 g/mol. The third kappa shape index (κ3) is 4.39. The zero-order valence-electron chi connectivity index (χ0n) is 16.9. The lowest BCUT2D eigenvalue weighted by atomic mass is 9.82. The Morgan fingerprint density at radius 2 is 1.97 bits per heavy atom. The Bertz CT molecular complexity index is 1160. The molecule has 0 unspecified atom stereocenters. The number of thiazole rings is 1. The molecule has 160 valence electrons. The van der Waals surface area contributed by atoms with Crippen molar-refractivity contribution in [2.24, 2.45) is 0 Å². The molecule has 0 aliphatic heterocycles. The highest BCUT2D eigenvalue weighted by Gasteiger charge is 2.41. The molecule has 0 spiro atoms. The first-order valence-electron chi connectivity index (χ1n) is 9.51. The standard InChI is InChI=1S/C22H20F2N4OS2/c1-14(21-27-20(10-31-21)15-3-6-17(30-2)7-4-15)22(29,11-28-13-25-12-26-28)18-8-5-16(23)9-19(18)24/h3-10,12-14,29H,11H2,1-2H3/t14-,22+/m0/s1. The van der Waals surface area contributed by atoms with Gasteiger partial charge in [0, 0.05) is 33.4 Å². The molecule has 0 bridgehead atoms. The van der Waals surface area contributed by atoms with Crippen LogP contribution in [-0.4, -0.2) is 31.1 Å². The molecular formula is C22H20F2N4OS2. The van der Waals surface area contributed by atoms with E-state index < -0.39 is 23.2 Å². The van der Waals surface area contributed by atoms with Crippen LogP contribution in [0.1, 0.15) is 23.4 Å². The zero-order valence-corrected chi connectivity index (χ0v) is 18.5. The molecule has 0 saturated heterocycles. The SMILES string of the molecule is CSc1ccc(-c2csc([C@H](C)[C@](O)(Cn3cncn3)c3ccc(F)cc3F)n2)cc1. The highest BCUT2D eigenvalue weighted by Crippen LogP contribution is 2.41. The van der Waals surface area contributed by atoms with Gasteiger partial charge in [0.15, 0.2) is 0 Å². The normalized spacial score (nSPS) is 14.4. The van der Waals surface area contributed by atoms with Crippen LogP contribution in [-0.2, 0) is 12.1 Å². The summed E-state index contributed by atoms with van der Waals surface area (Å²) in [5.41, 5.74) is 0.00370. The third-order valence-electron chi connectivity index (χ3n) is 5.26. The van der Waals surface area contributed by atoms with Gasteiger partial charge in [-0.3, -0.25) is 0 Å². The average molecular weight is 459 g/mol. The van der Waals surface area contributed by atoms with Crippen LogP contribution in [0.4, 0.5) is 8.78 Å². The number of aromatic nitrogens is 4. The summed E-state index contributed by atoms with van der Waals surface area (Å²) in [5, 5.41) is 18.3. The van der Waals surface area contributed by atoms with E-state index in [2.05, 4.69) is 10.1 Å². The van der Waals surface area contributed by atoms with E-state index in [9.17, 15) is 13.9 Å². The number of thioether (sulfide) groups is 1. The Hall–Kier alpha value is -2.62. The summed E-state index contributed by atoms with van der Waals surface area (Å²) in [6.45, 7) is 1.72. The summed E-state index contributed by atoms with van der Waals surface area (Å²) in [7, 11) is 0. The molecule has 4 aromatic rings. The van der Waals surface area contributed by atoms with Gasteiger partial charge in [-0.25, -0.2) is 23.4 Å². The van der Waals surface area contributed by atoms with Crippen LogP contribution in [0.15, 0.2) is 65.4 Å². The van der Waals surface area contributed by atoms with Crippen molar-refractivity contribution in [3.8, 4) is 11.3 Å². The summed E-state index contributed by atoms with van der Waals surface area (Å²) < 4.78 is 29.7. The van der Waals surface area contributed by atoms with Gasteiger partial charge in [-0.2, -0.15) is 5.10 Å². The van der Waals surface area contributed by atoms with Gasteiger partial charge in [0.2, 0.25) is 0 Å². The number of hydrogen-bond acceptors (Lipinski definition) is 6. The molecular weight excluding hydrogens is 438 g/mol. The zero-order chi connectivity index (χ0) is 22.0. The van der Waals surface area contributed by atoms with Crippen LogP contribution in [0.2, 0.25) is 0 Å². The van der Waals surface area contributed by atoms with Gasteiger partial charge in [0.25, 0.3) is 0 Å². The molecule has 0 aliphatic rings. The quantitative estimate of drug-likeness (QED) is 0.391. The lowest BCUT2D eigenvalue weighted by molar-refractivity contribution is -0.0112. The molecule has 9 heteroatoms. The van der Waals surface area contributed by atoms with E-state index in [1.54, 1.807) is 18.7 Å². The molecule has 2 atom stereocenters. The molecule has 2 heterocycles. The van der Waals surface area contributed by atoms with Crippen molar-refractivity contribution in [2.75, 3.05) is 6.26 Å². The molecule has 0 amide bonds. The number of halogens is 2. The first kappa shape index (κ1) is 21.6. The largest absolute Gasteiger partial charge is 0.382 e. The highest BCUT2D eigenvalue weighted by atomic mass is 32.2. The summed E-state index contributed by atoms with van der Waals surface area (Å²) in [5.74, 6) is -2.12. The number of nitrogens with zero attached hydrogens (tertiary/aromatic N) is 4. The molecule has 0 saturated carbocycles. The van der Waals surface area contributed by atoms with E-state index in [1.165, 1.54) is 34.7 Å². The maximum absolute atomic E-state index is 14.7. The molecule has 0 aliphatic carbocycles.